The van der Waals surface area contributed by atoms with Gasteiger partial charge in [-0.1, -0.05) is 59.6 Å². The van der Waals surface area contributed by atoms with Crippen LogP contribution >= 0.6 is 11.6 Å². The van der Waals surface area contributed by atoms with Crippen LogP contribution in [0.1, 0.15) is 29.7 Å². The average molecular weight is 486 g/mol. The number of carbonyl (C=O) groups is 1. The van der Waals surface area contributed by atoms with Crippen LogP contribution in [-0.4, -0.2) is 20.7 Å². The van der Waals surface area contributed by atoms with Crippen molar-refractivity contribution in [1.29, 1.82) is 0 Å². The molecule has 5 rings (SSSR count). The van der Waals surface area contributed by atoms with Crippen molar-refractivity contribution in [3.05, 3.63) is 112 Å². The largest absolute Gasteiger partial charge is 0.489 e. The molecule has 0 spiro atoms. The zero-order valence-electron chi connectivity index (χ0n) is 19.3. The van der Waals surface area contributed by atoms with Gasteiger partial charge in [0.2, 0.25) is 5.95 Å². The van der Waals surface area contributed by atoms with Crippen LogP contribution in [0.4, 0.5) is 11.6 Å². The Hall–Kier alpha value is -4.10. The number of hydrogen-bond acceptors (Lipinski definition) is 5. The Labute approximate surface area is 208 Å². The number of benzene rings is 3. The molecule has 1 aliphatic rings. The number of anilines is 2. The van der Waals surface area contributed by atoms with Crippen molar-refractivity contribution in [3.63, 3.8) is 0 Å². The van der Waals surface area contributed by atoms with Crippen molar-refractivity contribution < 1.29 is 9.53 Å². The maximum absolute atomic E-state index is 13.4. The number of fused-ring (bicyclic) bond motifs is 1. The number of aryl methyl sites for hydroxylation is 1. The molecule has 0 saturated heterocycles. The smallest absolute Gasteiger partial charge is 0.255 e. The van der Waals surface area contributed by atoms with Crippen LogP contribution in [-0.2, 0) is 11.4 Å². The quantitative estimate of drug-likeness (QED) is 0.363. The van der Waals surface area contributed by atoms with Gasteiger partial charge >= 0.3 is 0 Å². The van der Waals surface area contributed by atoms with Crippen LogP contribution in [0.5, 0.6) is 5.75 Å². The molecule has 35 heavy (non-hydrogen) atoms. The highest BCUT2D eigenvalue weighted by Gasteiger charge is 2.33. The molecule has 0 aliphatic carbocycles. The van der Waals surface area contributed by atoms with Crippen LogP contribution < -0.4 is 15.4 Å². The van der Waals surface area contributed by atoms with E-state index in [4.69, 9.17) is 16.3 Å². The van der Waals surface area contributed by atoms with Crippen LogP contribution in [0.25, 0.3) is 0 Å². The van der Waals surface area contributed by atoms with Gasteiger partial charge in [0.25, 0.3) is 5.91 Å². The summed E-state index contributed by atoms with van der Waals surface area (Å²) in [6.07, 6.45) is 1.48. The summed E-state index contributed by atoms with van der Waals surface area (Å²) in [5.74, 6) is 1.08. The normalized spacial score (nSPS) is 14.8. The minimum atomic E-state index is -0.447. The highest BCUT2D eigenvalue weighted by molar-refractivity contribution is 6.31. The third kappa shape index (κ3) is 4.76. The summed E-state index contributed by atoms with van der Waals surface area (Å²) in [5, 5.41) is 11.3. The van der Waals surface area contributed by atoms with Crippen molar-refractivity contribution in [3.8, 4) is 5.75 Å². The van der Waals surface area contributed by atoms with Crippen LogP contribution in [0.2, 0.25) is 5.02 Å². The summed E-state index contributed by atoms with van der Waals surface area (Å²) in [5.41, 5.74) is 4.94. The molecule has 8 heteroatoms. The van der Waals surface area contributed by atoms with E-state index < -0.39 is 6.04 Å². The molecule has 1 aliphatic heterocycles. The van der Waals surface area contributed by atoms with Gasteiger partial charge in [0.1, 0.15) is 24.7 Å². The van der Waals surface area contributed by atoms with Crippen molar-refractivity contribution in [2.24, 2.45) is 0 Å². The molecule has 1 unspecified atom stereocenters. The average Bonchev–Trinajstić information content (AvgIpc) is 3.32. The van der Waals surface area contributed by atoms with Crippen LogP contribution in [0.15, 0.2) is 90.4 Å². The number of aromatic nitrogens is 3. The molecule has 2 N–H and O–H groups in total. The molecule has 176 valence electrons. The fourth-order valence-corrected chi connectivity index (χ4v) is 4.24. The molecule has 0 bridgehead atoms. The zero-order valence-corrected chi connectivity index (χ0v) is 20.1. The molecule has 0 fully saturated rings. The Morgan fingerprint density at radius 3 is 2.54 bits per heavy atom. The molecule has 2 heterocycles. The summed E-state index contributed by atoms with van der Waals surface area (Å²) in [6, 6.07) is 22.5. The minimum absolute atomic E-state index is 0.205. The first-order valence-electron chi connectivity index (χ1n) is 11.2. The standard InChI is InChI=1S/C27H24ClN5O2/c1-17-7-11-21(12-8-17)32-26(34)24-18(2)31-27-29-16-30-33(27)25(24)19-9-13-22(14-10-19)35-15-20-5-3-4-6-23(20)28/h3-14,16,25H,15H2,1-2H3,(H,32,34)(H,29,30,31). The Morgan fingerprint density at radius 2 is 1.80 bits per heavy atom. The Morgan fingerprint density at radius 1 is 1.06 bits per heavy atom. The second-order valence-electron chi connectivity index (χ2n) is 8.36. The van der Waals surface area contributed by atoms with Gasteiger partial charge in [-0.05, 0) is 49.7 Å². The highest BCUT2D eigenvalue weighted by atomic mass is 35.5. The molecule has 4 aromatic rings. The van der Waals surface area contributed by atoms with Gasteiger partial charge in [-0.25, -0.2) is 4.68 Å². The van der Waals surface area contributed by atoms with Gasteiger partial charge in [0.15, 0.2) is 0 Å². The maximum Gasteiger partial charge on any atom is 0.255 e. The van der Waals surface area contributed by atoms with Gasteiger partial charge in [-0.2, -0.15) is 10.1 Å². The topological polar surface area (TPSA) is 81.1 Å². The lowest BCUT2D eigenvalue weighted by Gasteiger charge is -2.28. The fraction of sp³-hybridized carbons (Fsp3) is 0.148. The third-order valence-electron chi connectivity index (χ3n) is 5.90. The van der Waals surface area contributed by atoms with Gasteiger partial charge in [-0.3, -0.25) is 4.79 Å². The van der Waals surface area contributed by atoms with Crippen LogP contribution in [0, 0.1) is 6.92 Å². The summed E-state index contributed by atoms with van der Waals surface area (Å²) < 4.78 is 7.65. The fourth-order valence-electron chi connectivity index (χ4n) is 4.05. The number of nitrogens with one attached hydrogen (secondary N) is 2. The number of hydrogen-bond donors (Lipinski definition) is 2. The van der Waals surface area contributed by atoms with Crippen LogP contribution in [0.3, 0.4) is 0 Å². The van der Waals surface area contributed by atoms with E-state index in [2.05, 4.69) is 20.7 Å². The Kier molecular flexibility index (Phi) is 6.25. The first-order chi connectivity index (χ1) is 17.0. The van der Waals surface area contributed by atoms with E-state index in [1.807, 2.05) is 86.6 Å². The number of allylic oxidation sites excluding steroid dienone is 1. The highest BCUT2D eigenvalue weighted by Crippen LogP contribution is 2.36. The monoisotopic (exact) mass is 485 g/mol. The lowest BCUT2D eigenvalue weighted by Crippen LogP contribution is -2.31. The van der Waals surface area contributed by atoms with E-state index in [-0.39, 0.29) is 5.91 Å². The molecule has 1 atom stereocenters. The second-order valence-corrected chi connectivity index (χ2v) is 8.77. The number of halogens is 1. The van der Waals surface area contributed by atoms with E-state index in [1.54, 1.807) is 4.68 Å². The van der Waals surface area contributed by atoms with Gasteiger partial charge in [-0.15, -0.1) is 0 Å². The van der Waals surface area contributed by atoms with Gasteiger partial charge in [0.05, 0.1) is 5.57 Å². The summed E-state index contributed by atoms with van der Waals surface area (Å²) in [4.78, 5) is 17.7. The summed E-state index contributed by atoms with van der Waals surface area (Å²) in [7, 11) is 0. The van der Waals surface area contributed by atoms with Crippen molar-refractivity contribution >= 4 is 29.1 Å². The summed E-state index contributed by atoms with van der Waals surface area (Å²) >= 11 is 6.23. The molecule has 0 saturated carbocycles. The number of amides is 1. The zero-order chi connectivity index (χ0) is 24.4. The molecule has 7 nitrogen and oxygen atoms in total. The Balaban J connectivity index is 1.41. The van der Waals surface area contributed by atoms with E-state index in [0.29, 0.717) is 28.9 Å². The van der Waals surface area contributed by atoms with E-state index >= 15 is 0 Å². The van der Waals surface area contributed by atoms with E-state index in [9.17, 15) is 4.79 Å². The lowest BCUT2D eigenvalue weighted by molar-refractivity contribution is -0.113. The van der Waals surface area contributed by atoms with E-state index in [1.165, 1.54) is 6.33 Å². The number of nitrogens with zero attached hydrogens (tertiary/aromatic N) is 3. The van der Waals surface area contributed by atoms with Gasteiger partial charge in [0, 0.05) is 22.0 Å². The van der Waals surface area contributed by atoms with Crippen molar-refractivity contribution in [1.82, 2.24) is 14.8 Å². The van der Waals surface area contributed by atoms with E-state index in [0.717, 1.165) is 28.1 Å². The second kappa shape index (κ2) is 9.64. The van der Waals surface area contributed by atoms with Crippen molar-refractivity contribution in [2.75, 3.05) is 10.6 Å². The number of ether oxygens (including phenoxy) is 1. The SMILES string of the molecule is CC1=C(C(=O)Nc2ccc(C)cc2)C(c2ccc(OCc3ccccc3Cl)cc2)n2ncnc2N1. The maximum atomic E-state index is 13.4. The van der Waals surface area contributed by atoms with Gasteiger partial charge < -0.3 is 15.4 Å². The first-order valence-corrected chi connectivity index (χ1v) is 11.6. The Bertz CT molecular complexity index is 1390. The van der Waals surface area contributed by atoms with Crippen molar-refractivity contribution in [2.45, 2.75) is 26.5 Å². The first kappa shape index (κ1) is 22.7. The third-order valence-corrected chi connectivity index (χ3v) is 6.27. The molecule has 1 aromatic heterocycles. The number of carbonyl (C=O) groups excluding carboxylic acids is 1. The molecular formula is C27H24ClN5O2. The summed E-state index contributed by atoms with van der Waals surface area (Å²) in [6.45, 7) is 4.24. The molecule has 3 aromatic carbocycles. The minimum Gasteiger partial charge on any atom is -0.489 e. The molecule has 0 radical (unpaired) electrons. The predicted octanol–water partition coefficient (Wildman–Crippen LogP) is 5.75. The molecule has 1 amide bonds. The lowest BCUT2D eigenvalue weighted by atomic mass is 9.95. The molecular weight excluding hydrogens is 462 g/mol. The number of rotatable bonds is 6. The predicted molar refractivity (Wildman–Crippen MR) is 137 cm³/mol.